The molecule has 0 spiro atoms. The molecule has 408 valence electrons. The van der Waals surface area contributed by atoms with Crippen LogP contribution in [0.5, 0.6) is 0 Å². The zero-order chi connectivity index (χ0) is 53.6. The molecule has 0 amide bonds. The largest absolute Gasteiger partial charge is 0.251 e. The summed E-state index contributed by atoms with van der Waals surface area (Å²) in [7, 11) is 0. The Morgan fingerprint density at radius 1 is 0.638 bits per heavy atom. The minimum absolute atomic E-state index is 0.169. The van der Waals surface area contributed by atoms with Crippen LogP contribution in [0.15, 0.2) is 62.8 Å². The van der Waals surface area contributed by atoms with E-state index in [2.05, 4.69) is 158 Å². The third-order valence-corrected chi connectivity index (χ3v) is 14.3. The Hall–Kier alpha value is -0.530. The molecule has 0 N–H and O–H groups in total. The first-order chi connectivity index (χ1) is 32.4. The third-order valence-electron chi connectivity index (χ3n) is 10.9. The van der Waals surface area contributed by atoms with Crippen molar-refractivity contribution in [2.75, 3.05) is 18.2 Å². The van der Waals surface area contributed by atoms with Gasteiger partial charge < -0.3 is 0 Å². The van der Waals surface area contributed by atoms with Crippen molar-refractivity contribution in [3.63, 3.8) is 0 Å². The minimum Gasteiger partial charge on any atom is -0.251 e. The average Bonchev–Trinajstić information content (AvgIpc) is 3.72. The lowest BCUT2D eigenvalue weighted by molar-refractivity contribution is 0.388. The van der Waals surface area contributed by atoms with Gasteiger partial charge in [0, 0.05) is 10.6 Å². The van der Waals surface area contributed by atoms with Crippen LogP contribution in [0, 0.1) is 72.0 Å². The SMILES string of the molecule is C=CCC(C)C.CC(C)CC1CC1.CC(C)CC1CCCC1.CC(C)CC=C(Cl)Cl.CC(C)CCF.CC(C)CCSc1ccccc1.CCC(CC)CC(C)C.Cc1nnc(SCCC(C)C)s1. The smallest absolute Gasteiger partial charge is 0.174 e. The van der Waals surface area contributed by atoms with E-state index in [-0.39, 0.29) is 6.67 Å². The number of nitrogens with zero attached hydrogens (tertiary/aromatic N) is 2. The Labute approximate surface area is 455 Å². The summed E-state index contributed by atoms with van der Waals surface area (Å²) in [6, 6.07) is 10.6. The summed E-state index contributed by atoms with van der Waals surface area (Å²) in [5.74, 6) is 11.9. The lowest BCUT2D eigenvalue weighted by atomic mass is 9.93. The maximum atomic E-state index is 11.2. The fourth-order valence-corrected chi connectivity index (χ4v) is 10.2. The Kier molecular flexibility index (Phi) is 56.9. The van der Waals surface area contributed by atoms with Gasteiger partial charge in [0.1, 0.15) is 9.50 Å². The highest BCUT2D eigenvalue weighted by Gasteiger charge is 2.21. The monoisotopic (exact) mass is 1060 g/mol. The van der Waals surface area contributed by atoms with Crippen molar-refractivity contribution in [2.45, 2.75) is 244 Å². The van der Waals surface area contributed by atoms with Crippen LogP contribution in [0.4, 0.5) is 4.39 Å². The van der Waals surface area contributed by atoms with Gasteiger partial charge in [0.2, 0.25) is 0 Å². The number of aryl methyl sites for hydroxylation is 1. The molecule has 0 aliphatic heterocycles. The lowest BCUT2D eigenvalue weighted by Crippen LogP contribution is -2.00. The number of hydrogen-bond acceptors (Lipinski definition) is 5. The maximum absolute atomic E-state index is 11.2. The molecule has 0 unspecified atom stereocenters. The standard InChI is InChI=1S/C11H16S.C9H18.C9H20.C8H14N2S2.C7H14.C6H10Cl2.C6H12.C5H11F/c1-10(2)8-9-12-11-6-4-3-5-7-11;1-8(2)7-9-5-3-4-6-9;1-5-9(6-2)7-8(3)4;1-6(2)4-5-11-8-10-9-7(3)12-8;1-6(2)5-7-3-4-7;1-5(2)3-4-6(7)8;1-4-5-6(2)3;1-5(2)3-4-6/h3-7,10H,8-9H2,1-2H3;8-9H,3-7H2,1-2H3;8-9H,5-7H2,1-4H3;6H,4-5H2,1-3H3;6-7H,3-5H2,1-2H3;4-5H,3H2,1-2H3;4,6H,1,5H2,2-3H3;5H,3-4H2,1-2H3. The van der Waals surface area contributed by atoms with Crippen LogP contribution < -0.4 is 0 Å². The number of aromatic nitrogens is 2. The van der Waals surface area contributed by atoms with Crippen molar-refractivity contribution in [3.8, 4) is 0 Å². The number of rotatable bonds is 22. The van der Waals surface area contributed by atoms with Crippen LogP contribution in [0.1, 0.15) is 232 Å². The van der Waals surface area contributed by atoms with Gasteiger partial charge in [-0.1, -0.05) is 253 Å². The van der Waals surface area contributed by atoms with Crippen molar-refractivity contribution in [1.82, 2.24) is 10.2 Å². The zero-order valence-corrected chi connectivity index (χ0v) is 52.7. The topological polar surface area (TPSA) is 25.8 Å². The molecule has 69 heavy (non-hydrogen) atoms. The van der Waals surface area contributed by atoms with Crippen molar-refractivity contribution in [1.29, 1.82) is 0 Å². The molecule has 0 atom stereocenters. The highest BCUT2D eigenvalue weighted by atomic mass is 35.5. The number of alkyl halides is 1. The summed E-state index contributed by atoms with van der Waals surface area (Å²) in [4.78, 5) is 1.39. The van der Waals surface area contributed by atoms with Crippen molar-refractivity contribution in [3.05, 3.63) is 58.6 Å². The van der Waals surface area contributed by atoms with Gasteiger partial charge in [-0.2, -0.15) is 0 Å². The number of hydrogen-bond donors (Lipinski definition) is 0. The average molecular weight is 1060 g/mol. The van der Waals surface area contributed by atoms with Crippen molar-refractivity contribution in [2.24, 2.45) is 65.1 Å². The van der Waals surface area contributed by atoms with Crippen LogP contribution in [-0.4, -0.2) is 28.4 Å². The first-order valence-corrected chi connectivity index (χ1v) is 31.2. The first-order valence-electron chi connectivity index (χ1n) is 27.7. The Morgan fingerprint density at radius 3 is 1.38 bits per heavy atom. The molecule has 2 nitrogen and oxygen atoms in total. The van der Waals surface area contributed by atoms with E-state index in [1.54, 1.807) is 11.3 Å². The molecule has 2 aromatic rings. The molecular formula is C61H115Cl2FN2S3. The van der Waals surface area contributed by atoms with Gasteiger partial charge in [-0.25, -0.2) is 0 Å². The van der Waals surface area contributed by atoms with Crippen LogP contribution in [0.3, 0.4) is 0 Å². The van der Waals surface area contributed by atoms with Crippen LogP contribution in [-0.2, 0) is 0 Å². The molecule has 1 heterocycles. The molecule has 8 heteroatoms. The van der Waals surface area contributed by atoms with Gasteiger partial charge >= 0.3 is 0 Å². The predicted molar refractivity (Wildman–Crippen MR) is 323 cm³/mol. The van der Waals surface area contributed by atoms with E-state index in [4.69, 9.17) is 23.2 Å². The van der Waals surface area contributed by atoms with Gasteiger partial charge in [0.05, 0.1) is 6.67 Å². The number of halogens is 3. The highest BCUT2D eigenvalue weighted by molar-refractivity contribution is 8.01. The molecule has 1 aromatic heterocycles. The molecule has 4 rings (SSSR count). The van der Waals surface area contributed by atoms with Gasteiger partial charge in [-0.3, -0.25) is 4.39 Å². The molecule has 0 bridgehead atoms. The van der Waals surface area contributed by atoms with Gasteiger partial charge in [-0.15, -0.1) is 28.5 Å². The fraction of sp³-hybridized carbons (Fsp3) is 0.803. The van der Waals surface area contributed by atoms with Crippen LogP contribution in [0.2, 0.25) is 0 Å². The fourth-order valence-electron chi connectivity index (χ4n) is 6.75. The summed E-state index contributed by atoms with van der Waals surface area (Å²) in [6.45, 7) is 45.5. The maximum Gasteiger partial charge on any atom is 0.174 e. The summed E-state index contributed by atoms with van der Waals surface area (Å²) < 4.78 is 12.7. The van der Waals surface area contributed by atoms with E-state index in [1.807, 2.05) is 56.4 Å². The number of benzene rings is 1. The Balaban J connectivity index is -0.000000355. The first kappa shape index (κ1) is 75.0. The summed E-state index contributed by atoms with van der Waals surface area (Å²) in [5.41, 5.74) is 0. The zero-order valence-electron chi connectivity index (χ0n) is 48.8. The highest BCUT2D eigenvalue weighted by Crippen LogP contribution is 2.35. The second-order valence-electron chi connectivity index (χ2n) is 22.5. The molecule has 0 radical (unpaired) electrons. The van der Waals surface area contributed by atoms with Gasteiger partial charge in [-0.05, 0) is 141 Å². The quantitative estimate of drug-likeness (QED) is 0.0867. The van der Waals surface area contributed by atoms with E-state index in [9.17, 15) is 4.39 Å². The second-order valence-corrected chi connectivity index (χ2v) is 27.2. The van der Waals surface area contributed by atoms with Crippen LogP contribution in [0.25, 0.3) is 0 Å². The van der Waals surface area contributed by atoms with E-state index >= 15 is 0 Å². The van der Waals surface area contributed by atoms with Crippen molar-refractivity contribution >= 4 is 58.1 Å². The van der Waals surface area contributed by atoms with E-state index < -0.39 is 0 Å². The molecule has 2 aliphatic rings. The van der Waals surface area contributed by atoms with Crippen LogP contribution >= 0.6 is 58.1 Å². The molecule has 2 saturated carbocycles. The summed E-state index contributed by atoms with van der Waals surface area (Å²) >= 11 is 16.1. The lowest BCUT2D eigenvalue weighted by Gasteiger charge is -2.13. The Bertz CT molecular complexity index is 1330. The van der Waals surface area contributed by atoms with Gasteiger partial charge in [0.25, 0.3) is 0 Å². The summed E-state index contributed by atoms with van der Waals surface area (Å²) in [5, 5.41) is 9.06. The number of thioether (sulfide) groups is 2. The van der Waals surface area contributed by atoms with E-state index in [1.165, 1.54) is 94.1 Å². The van der Waals surface area contributed by atoms with E-state index in [0.717, 1.165) is 81.2 Å². The Morgan fingerprint density at radius 2 is 1.10 bits per heavy atom. The van der Waals surface area contributed by atoms with E-state index in [0.29, 0.717) is 22.7 Å². The third kappa shape index (κ3) is 67.5. The molecule has 2 fully saturated rings. The number of allylic oxidation sites excluding steroid dienone is 2. The predicted octanol–water partition coefficient (Wildman–Crippen LogP) is 23.5. The molecule has 0 saturated heterocycles. The summed E-state index contributed by atoms with van der Waals surface area (Å²) in [6.07, 6.45) is 25.2. The van der Waals surface area contributed by atoms with Gasteiger partial charge in [0.15, 0.2) is 4.34 Å². The molecular weight excluding hydrogens is 947 g/mol. The minimum atomic E-state index is -0.169. The normalized spacial score (nSPS) is 13.0. The second kappa shape index (κ2) is 52.3. The van der Waals surface area contributed by atoms with Crippen molar-refractivity contribution < 1.29 is 4.39 Å². The molecule has 1 aromatic carbocycles. The molecule has 2 aliphatic carbocycles.